The van der Waals surface area contributed by atoms with Crippen molar-refractivity contribution in [1.29, 1.82) is 0 Å². The average Bonchev–Trinajstić information content (AvgIpc) is 3.21. The third kappa shape index (κ3) is 3.86. The predicted molar refractivity (Wildman–Crippen MR) is 122 cm³/mol. The zero-order valence-corrected chi connectivity index (χ0v) is 18.1. The maximum atomic E-state index is 6.33. The van der Waals surface area contributed by atoms with E-state index < -0.39 is 0 Å². The largest absolute Gasteiger partial charge is 0.485 e. The number of fused-ring (bicyclic) bond motifs is 2. The molecular formula is C23H19ClN4O2S. The van der Waals surface area contributed by atoms with Crippen LogP contribution in [0.3, 0.4) is 0 Å². The van der Waals surface area contributed by atoms with Crippen molar-refractivity contribution in [3.63, 3.8) is 0 Å². The molecule has 0 amide bonds. The average molecular weight is 451 g/mol. The quantitative estimate of drug-likeness (QED) is 0.286. The molecule has 0 spiro atoms. The number of aromatic nitrogens is 4. The Balaban J connectivity index is 1.41. The van der Waals surface area contributed by atoms with Crippen LogP contribution in [0.15, 0.2) is 72.5 Å². The highest BCUT2D eigenvalue weighted by molar-refractivity contribution is 7.98. The first-order chi connectivity index (χ1) is 15.2. The van der Waals surface area contributed by atoms with Crippen molar-refractivity contribution in [3.8, 4) is 11.5 Å². The van der Waals surface area contributed by atoms with Crippen molar-refractivity contribution in [2.24, 2.45) is 0 Å². The highest BCUT2D eigenvalue weighted by atomic mass is 35.5. The molecule has 1 unspecified atom stereocenters. The maximum absolute atomic E-state index is 6.33. The number of ether oxygens (including phenoxy) is 2. The van der Waals surface area contributed by atoms with Crippen LogP contribution >= 0.6 is 23.4 Å². The number of hydrogen-bond donors (Lipinski definition) is 0. The van der Waals surface area contributed by atoms with Gasteiger partial charge in [-0.1, -0.05) is 47.6 Å². The van der Waals surface area contributed by atoms with Gasteiger partial charge in [0.2, 0.25) is 0 Å². The van der Waals surface area contributed by atoms with Crippen LogP contribution in [0.2, 0.25) is 5.02 Å². The lowest BCUT2D eigenvalue weighted by molar-refractivity contribution is 0.0821. The molecule has 156 valence electrons. The monoisotopic (exact) mass is 450 g/mol. The Morgan fingerprint density at radius 1 is 1.13 bits per heavy atom. The van der Waals surface area contributed by atoms with Gasteiger partial charge >= 0.3 is 0 Å². The first-order valence-electron chi connectivity index (χ1n) is 9.82. The second-order valence-corrected chi connectivity index (χ2v) is 8.35. The molecule has 0 bridgehead atoms. The highest BCUT2D eigenvalue weighted by Gasteiger charge is 2.28. The highest BCUT2D eigenvalue weighted by Crippen LogP contribution is 2.36. The Hall–Kier alpha value is -3.03. The van der Waals surface area contributed by atoms with Gasteiger partial charge in [0.25, 0.3) is 0 Å². The van der Waals surface area contributed by atoms with E-state index in [4.69, 9.17) is 21.1 Å². The summed E-state index contributed by atoms with van der Waals surface area (Å²) in [5.41, 5.74) is 1.99. The molecule has 1 atom stereocenters. The molecule has 5 rings (SSSR count). The van der Waals surface area contributed by atoms with Crippen molar-refractivity contribution >= 4 is 34.3 Å². The summed E-state index contributed by atoms with van der Waals surface area (Å²) >= 11 is 7.92. The molecule has 1 aliphatic heterocycles. The van der Waals surface area contributed by atoms with Crippen LogP contribution in [-0.4, -0.2) is 26.4 Å². The summed E-state index contributed by atoms with van der Waals surface area (Å²) < 4.78 is 14.0. The minimum atomic E-state index is -0.338. The number of rotatable bonds is 6. The molecule has 1 aliphatic rings. The fraction of sp³-hybridized carbons (Fsp3) is 0.174. The lowest BCUT2D eigenvalue weighted by Crippen LogP contribution is -2.25. The Labute approximate surface area is 188 Å². The number of para-hydroxylation sites is 2. The SMILES string of the molecule is C=CCn1c(SCc2ccc(Cl)c3cccnc23)nnc1C1COc2ccccc2O1. The Bertz CT molecular complexity index is 1260. The van der Waals surface area contributed by atoms with Gasteiger partial charge in [-0.2, -0.15) is 0 Å². The van der Waals surface area contributed by atoms with Crippen LogP contribution in [0.1, 0.15) is 17.5 Å². The topological polar surface area (TPSA) is 62.1 Å². The summed E-state index contributed by atoms with van der Waals surface area (Å²) in [5.74, 6) is 2.85. The summed E-state index contributed by atoms with van der Waals surface area (Å²) in [6.45, 7) is 4.84. The normalized spacial score (nSPS) is 15.2. The molecule has 0 N–H and O–H groups in total. The van der Waals surface area contributed by atoms with E-state index in [0.29, 0.717) is 29.7 Å². The van der Waals surface area contributed by atoms with Gasteiger partial charge in [0, 0.05) is 28.9 Å². The van der Waals surface area contributed by atoms with Gasteiger partial charge < -0.3 is 9.47 Å². The van der Waals surface area contributed by atoms with Crippen molar-refractivity contribution in [1.82, 2.24) is 19.7 Å². The van der Waals surface area contributed by atoms with E-state index in [1.165, 1.54) is 0 Å². The molecule has 4 aromatic rings. The van der Waals surface area contributed by atoms with Gasteiger partial charge in [-0.15, -0.1) is 16.8 Å². The number of thioether (sulfide) groups is 1. The molecule has 0 saturated heterocycles. The number of pyridine rings is 1. The van der Waals surface area contributed by atoms with Crippen LogP contribution in [0.25, 0.3) is 10.9 Å². The lowest BCUT2D eigenvalue weighted by atomic mass is 10.1. The molecule has 0 aliphatic carbocycles. The third-order valence-corrected chi connectivity index (χ3v) is 6.36. The number of allylic oxidation sites excluding steroid dienone is 1. The van der Waals surface area contributed by atoms with E-state index in [9.17, 15) is 0 Å². The molecular weight excluding hydrogens is 432 g/mol. The van der Waals surface area contributed by atoms with E-state index >= 15 is 0 Å². The standard InChI is InChI=1S/C23H19ClN4O2S/c1-2-12-28-22(20-13-29-18-7-3-4-8-19(18)30-20)26-27-23(28)31-14-15-9-10-17(24)16-6-5-11-25-21(15)16/h2-11,20H,1,12-14H2. The third-order valence-electron chi connectivity index (χ3n) is 5.01. The number of hydrogen-bond acceptors (Lipinski definition) is 6. The maximum Gasteiger partial charge on any atom is 0.192 e. The van der Waals surface area contributed by atoms with Gasteiger partial charge in [-0.3, -0.25) is 9.55 Å². The predicted octanol–water partition coefficient (Wildman–Crippen LogP) is 5.47. The first kappa shape index (κ1) is 19.9. The first-order valence-corrected chi connectivity index (χ1v) is 11.2. The van der Waals surface area contributed by atoms with E-state index in [1.54, 1.807) is 18.0 Å². The van der Waals surface area contributed by atoms with Gasteiger partial charge in [-0.25, -0.2) is 0 Å². The number of halogens is 1. The van der Waals surface area contributed by atoms with E-state index in [1.807, 2.05) is 59.2 Å². The van der Waals surface area contributed by atoms with Crippen LogP contribution in [0.4, 0.5) is 0 Å². The Kier molecular flexibility index (Phi) is 5.53. The van der Waals surface area contributed by atoms with Crippen molar-refractivity contribution in [2.45, 2.75) is 23.6 Å². The van der Waals surface area contributed by atoms with Crippen LogP contribution in [-0.2, 0) is 12.3 Å². The molecule has 0 fully saturated rings. The molecule has 8 heteroatoms. The second kappa shape index (κ2) is 8.61. The molecule has 6 nitrogen and oxygen atoms in total. The molecule has 2 aromatic heterocycles. The van der Waals surface area contributed by atoms with E-state index in [-0.39, 0.29) is 6.10 Å². The Morgan fingerprint density at radius 2 is 2.00 bits per heavy atom. The van der Waals surface area contributed by atoms with Crippen molar-refractivity contribution < 1.29 is 9.47 Å². The molecule has 0 saturated carbocycles. The fourth-order valence-electron chi connectivity index (χ4n) is 3.55. The zero-order valence-electron chi connectivity index (χ0n) is 16.6. The smallest absolute Gasteiger partial charge is 0.192 e. The van der Waals surface area contributed by atoms with Gasteiger partial charge in [0.1, 0.15) is 6.61 Å². The number of nitrogens with zero attached hydrogens (tertiary/aromatic N) is 4. The van der Waals surface area contributed by atoms with Crippen LogP contribution in [0, 0.1) is 0 Å². The summed E-state index contributed by atoms with van der Waals surface area (Å²) in [5, 5.41) is 11.3. The minimum Gasteiger partial charge on any atom is -0.485 e. The number of benzene rings is 2. The summed E-state index contributed by atoms with van der Waals surface area (Å²) in [6.07, 6.45) is 3.27. The van der Waals surface area contributed by atoms with Crippen molar-refractivity contribution in [2.75, 3.05) is 6.61 Å². The van der Waals surface area contributed by atoms with E-state index in [2.05, 4.69) is 21.8 Å². The lowest BCUT2D eigenvalue weighted by Gasteiger charge is -2.26. The Morgan fingerprint density at radius 3 is 2.87 bits per heavy atom. The van der Waals surface area contributed by atoms with Crippen LogP contribution in [0.5, 0.6) is 11.5 Å². The van der Waals surface area contributed by atoms with Gasteiger partial charge in [-0.05, 0) is 35.9 Å². The van der Waals surface area contributed by atoms with Crippen LogP contribution < -0.4 is 9.47 Å². The van der Waals surface area contributed by atoms with Crippen molar-refractivity contribution in [3.05, 3.63) is 83.8 Å². The zero-order chi connectivity index (χ0) is 21.2. The molecule has 31 heavy (non-hydrogen) atoms. The fourth-order valence-corrected chi connectivity index (χ4v) is 4.70. The molecule has 2 aromatic carbocycles. The summed E-state index contributed by atoms with van der Waals surface area (Å²) in [6, 6.07) is 15.4. The second-order valence-electron chi connectivity index (χ2n) is 7.00. The van der Waals surface area contributed by atoms with Gasteiger partial charge in [0.05, 0.1) is 5.52 Å². The molecule has 3 heterocycles. The summed E-state index contributed by atoms with van der Waals surface area (Å²) in [7, 11) is 0. The van der Waals surface area contributed by atoms with E-state index in [0.717, 1.165) is 33.2 Å². The van der Waals surface area contributed by atoms with Gasteiger partial charge in [0.15, 0.2) is 28.6 Å². The summed E-state index contributed by atoms with van der Waals surface area (Å²) in [4.78, 5) is 4.52. The minimum absolute atomic E-state index is 0.338. The molecule has 0 radical (unpaired) electrons.